The third kappa shape index (κ3) is 4.21. The first-order valence-corrected chi connectivity index (χ1v) is 10.1. The van der Waals surface area contributed by atoms with E-state index in [1.165, 1.54) is 4.90 Å². The molecule has 1 saturated heterocycles. The molecule has 2 aliphatic rings. The first-order chi connectivity index (χ1) is 14.1. The number of nitrogens with zero attached hydrogens (tertiary/aromatic N) is 3. The van der Waals surface area contributed by atoms with Crippen molar-refractivity contribution in [2.75, 3.05) is 6.54 Å². The molecule has 3 amide bonds. The molecule has 1 aliphatic carbocycles. The number of nitrogens with one attached hydrogen (secondary N) is 1. The van der Waals surface area contributed by atoms with Gasteiger partial charge in [0.15, 0.2) is 0 Å². The van der Waals surface area contributed by atoms with Crippen molar-refractivity contribution in [1.29, 1.82) is 0 Å². The topological polar surface area (TPSA) is 105 Å². The van der Waals surface area contributed by atoms with Crippen LogP contribution in [0.15, 0.2) is 34.9 Å². The van der Waals surface area contributed by atoms with Crippen molar-refractivity contribution in [2.24, 2.45) is 11.8 Å². The highest BCUT2D eigenvalue weighted by Gasteiger charge is 2.47. The van der Waals surface area contributed by atoms with Crippen LogP contribution in [0, 0.1) is 11.8 Å². The van der Waals surface area contributed by atoms with Crippen LogP contribution in [0.25, 0.3) is 11.4 Å². The summed E-state index contributed by atoms with van der Waals surface area (Å²) in [6.07, 6.45) is 4.31. The third-order valence-corrected chi connectivity index (χ3v) is 5.65. The van der Waals surface area contributed by atoms with Crippen molar-refractivity contribution < 1.29 is 18.9 Å². The maximum absolute atomic E-state index is 12.4. The minimum atomic E-state index is -0.180. The normalized spacial score (nSPS) is 21.3. The van der Waals surface area contributed by atoms with Gasteiger partial charge in [-0.05, 0) is 19.3 Å². The van der Waals surface area contributed by atoms with Crippen LogP contribution in [-0.2, 0) is 20.9 Å². The zero-order chi connectivity index (χ0) is 20.2. The molecule has 8 nitrogen and oxygen atoms in total. The molecule has 2 fully saturated rings. The Bertz CT molecular complexity index is 871. The van der Waals surface area contributed by atoms with Gasteiger partial charge >= 0.3 is 0 Å². The molecule has 0 spiro atoms. The second kappa shape index (κ2) is 8.55. The van der Waals surface area contributed by atoms with Gasteiger partial charge in [0.05, 0.1) is 18.4 Å². The number of carbonyl (C=O) groups excluding carboxylic acids is 3. The summed E-state index contributed by atoms with van der Waals surface area (Å²) in [5.74, 6) is 0.233. The zero-order valence-electron chi connectivity index (χ0n) is 16.2. The van der Waals surface area contributed by atoms with Crippen LogP contribution in [0.4, 0.5) is 0 Å². The van der Waals surface area contributed by atoms with Crippen molar-refractivity contribution in [3.63, 3.8) is 0 Å². The lowest BCUT2D eigenvalue weighted by molar-refractivity contribution is -0.140. The van der Waals surface area contributed by atoms with E-state index in [2.05, 4.69) is 15.5 Å². The third-order valence-electron chi connectivity index (χ3n) is 5.65. The highest BCUT2D eigenvalue weighted by atomic mass is 16.5. The molecule has 1 aromatic heterocycles. The molecule has 1 N–H and O–H groups in total. The number of rotatable bonds is 7. The molecule has 1 saturated carbocycles. The number of imide groups is 1. The lowest BCUT2D eigenvalue weighted by atomic mass is 9.81. The number of carbonyl (C=O) groups is 3. The van der Waals surface area contributed by atoms with Crippen molar-refractivity contribution in [1.82, 2.24) is 20.4 Å². The molecule has 0 bridgehead atoms. The van der Waals surface area contributed by atoms with E-state index in [9.17, 15) is 14.4 Å². The van der Waals surface area contributed by atoms with Crippen molar-refractivity contribution >= 4 is 17.7 Å². The van der Waals surface area contributed by atoms with Gasteiger partial charge in [0.25, 0.3) is 0 Å². The summed E-state index contributed by atoms with van der Waals surface area (Å²) in [7, 11) is 0. The predicted molar refractivity (Wildman–Crippen MR) is 103 cm³/mol. The van der Waals surface area contributed by atoms with Gasteiger partial charge in [-0.1, -0.05) is 48.3 Å². The molecule has 1 aliphatic heterocycles. The number of likely N-dealkylation sites (tertiary alicyclic amines) is 1. The van der Waals surface area contributed by atoms with Crippen LogP contribution >= 0.6 is 0 Å². The van der Waals surface area contributed by atoms with Crippen LogP contribution < -0.4 is 5.32 Å². The molecule has 8 heteroatoms. The Morgan fingerprint density at radius 1 is 1.10 bits per heavy atom. The maximum Gasteiger partial charge on any atom is 0.246 e. The average Bonchev–Trinajstić information content (AvgIpc) is 3.32. The minimum Gasteiger partial charge on any atom is -0.347 e. The molecule has 0 radical (unpaired) electrons. The fraction of sp³-hybridized carbons (Fsp3) is 0.476. The smallest absolute Gasteiger partial charge is 0.246 e. The lowest BCUT2D eigenvalue weighted by Crippen LogP contribution is -2.33. The summed E-state index contributed by atoms with van der Waals surface area (Å²) in [4.78, 5) is 42.6. The molecule has 2 unspecified atom stereocenters. The molecule has 2 aromatic rings. The number of aromatic nitrogens is 2. The van der Waals surface area contributed by atoms with Crippen LogP contribution in [0.3, 0.4) is 0 Å². The van der Waals surface area contributed by atoms with Crippen molar-refractivity contribution in [3.05, 3.63) is 36.2 Å². The van der Waals surface area contributed by atoms with Crippen molar-refractivity contribution in [3.8, 4) is 11.4 Å². The Balaban J connectivity index is 1.21. The van der Waals surface area contributed by atoms with Gasteiger partial charge in [0.1, 0.15) is 0 Å². The minimum absolute atomic E-state index is 0.0561. The number of hydrogen-bond acceptors (Lipinski definition) is 6. The first kappa shape index (κ1) is 19.3. The lowest BCUT2D eigenvalue weighted by Gasteiger charge is -2.19. The van der Waals surface area contributed by atoms with Crippen LogP contribution in [0.5, 0.6) is 0 Å². The number of amides is 3. The first-order valence-electron chi connectivity index (χ1n) is 10.1. The van der Waals surface area contributed by atoms with Gasteiger partial charge in [-0.25, -0.2) is 0 Å². The Kier molecular flexibility index (Phi) is 5.69. The van der Waals surface area contributed by atoms with E-state index in [-0.39, 0.29) is 42.5 Å². The molecule has 4 rings (SSSR count). The van der Waals surface area contributed by atoms with Gasteiger partial charge in [-0.3, -0.25) is 19.3 Å². The highest BCUT2D eigenvalue weighted by molar-refractivity contribution is 6.05. The second-order valence-electron chi connectivity index (χ2n) is 7.58. The summed E-state index contributed by atoms with van der Waals surface area (Å²) in [5, 5.41) is 6.65. The predicted octanol–water partition coefficient (Wildman–Crippen LogP) is 2.31. The molecule has 152 valence electrons. The average molecular weight is 396 g/mol. The largest absolute Gasteiger partial charge is 0.347 e. The quantitative estimate of drug-likeness (QED) is 0.720. The monoisotopic (exact) mass is 396 g/mol. The van der Waals surface area contributed by atoms with Gasteiger partial charge in [0.2, 0.25) is 29.4 Å². The molecule has 29 heavy (non-hydrogen) atoms. The Morgan fingerprint density at radius 2 is 1.79 bits per heavy atom. The van der Waals surface area contributed by atoms with E-state index < -0.39 is 0 Å². The molecule has 2 atom stereocenters. The van der Waals surface area contributed by atoms with E-state index in [4.69, 9.17) is 4.52 Å². The van der Waals surface area contributed by atoms with E-state index in [0.717, 1.165) is 31.2 Å². The summed E-state index contributed by atoms with van der Waals surface area (Å²) in [6.45, 7) is 0.446. The van der Waals surface area contributed by atoms with E-state index in [1.807, 2.05) is 30.3 Å². The molecule has 2 heterocycles. The van der Waals surface area contributed by atoms with Crippen LogP contribution in [0.1, 0.15) is 44.4 Å². The van der Waals surface area contributed by atoms with Gasteiger partial charge in [-0.15, -0.1) is 0 Å². The Labute approximate surface area is 168 Å². The summed E-state index contributed by atoms with van der Waals surface area (Å²) in [5.41, 5.74) is 0.842. The van der Waals surface area contributed by atoms with Gasteiger partial charge in [0, 0.05) is 18.5 Å². The Morgan fingerprint density at radius 3 is 2.48 bits per heavy atom. The van der Waals surface area contributed by atoms with Crippen molar-refractivity contribution in [2.45, 2.75) is 45.1 Å². The Hall–Kier alpha value is -3.03. The van der Waals surface area contributed by atoms with Gasteiger partial charge in [-0.2, -0.15) is 4.98 Å². The van der Waals surface area contributed by atoms with E-state index in [1.54, 1.807) is 0 Å². The number of fused-ring (bicyclic) bond motifs is 1. The molecular weight excluding hydrogens is 372 g/mol. The summed E-state index contributed by atoms with van der Waals surface area (Å²) in [6, 6.07) is 9.44. The SMILES string of the molecule is O=C(CCCN1C(=O)C2CCCCC2C1=O)NCc1nc(-c2ccccc2)no1. The fourth-order valence-corrected chi connectivity index (χ4v) is 4.14. The van der Waals surface area contributed by atoms with Crippen LogP contribution in [-0.4, -0.2) is 39.3 Å². The second-order valence-corrected chi connectivity index (χ2v) is 7.58. The molecular formula is C21H24N4O4. The maximum atomic E-state index is 12.4. The fourth-order valence-electron chi connectivity index (χ4n) is 4.14. The van der Waals surface area contributed by atoms with E-state index in [0.29, 0.717) is 24.7 Å². The number of benzene rings is 1. The van der Waals surface area contributed by atoms with Crippen LogP contribution in [0.2, 0.25) is 0 Å². The molecule has 1 aromatic carbocycles. The summed E-state index contributed by atoms with van der Waals surface area (Å²) < 4.78 is 5.16. The standard InChI is InChI=1S/C21H24N4O4/c26-17(22-13-18-23-19(24-29-18)14-7-2-1-3-8-14)11-6-12-25-20(27)15-9-4-5-10-16(15)21(25)28/h1-3,7-8,15-16H,4-6,9-13H2,(H,22,26). The highest BCUT2D eigenvalue weighted by Crippen LogP contribution is 2.38. The summed E-state index contributed by atoms with van der Waals surface area (Å²) >= 11 is 0. The number of hydrogen-bond donors (Lipinski definition) is 1. The van der Waals surface area contributed by atoms with E-state index >= 15 is 0 Å². The zero-order valence-corrected chi connectivity index (χ0v) is 16.2. The van der Waals surface area contributed by atoms with Gasteiger partial charge < -0.3 is 9.84 Å².